The number of carbonyl (C=O) groups excluding carboxylic acids is 1. The molecule has 1 fully saturated rings. The Bertz CT molecular complexity index is 722. The van der Waals surface area contributed by atoms with E-state index < -0.39 is 0 Å². The predicted molar refractivity (Wildman–Crippen MR) is 97.2 cm³/mol. The number of fused-ring (bicyclic) bond motifs is 1. The number of amides is 2. The number of aromatic nitrogens is 2. The molecule has 2 N–H and O–H groups in total. The lowest BCUT2D eigenvalue weighted by molar-refractivity contribution is 0.171. The second kappa shape index (κ2) is 6.90. The summed E-state index contributed by atoms with van der Waals surface area (Å²) in [5.41, 5.74) is 3.65. The van der Waals surface area contributed by atoms with E-state index in [0.717, 1.165) is 25.8 Å². The van der Waals surface area contributed by atoms with E-state index in [-0.39, 0.29) is 18.1 Å². The summed E-state index contributed by atoms with van der Waals surface area (Å²) in [4.78, 5) is 15.1. The van der Waals surface area contributed by atoms with Crippen LogP contribution in [-0.2, 0) is 12.8 Å². The highest BCUT2D eigenvalue weighted by molar-refractivity contribution is 5.75. The van der Waals surface area contributed by atoms with Gasteiger partial charge in [-0.25, -0.2) is 4.79 Å². The summed E-state index contributed by atoms with van der Waals surface area (Å²) in [6.07, 6.45) is 7.17. The maximum absolute atomic E-state index is 13.0. The van der Waals surface area contributed by atoms with E-state index in [4.69, 9.17) is 0 Å². The maximum Gasteiger partial charge on any atom is 0.318 e. The van der Waals surface area contributed by atoms with Gasteiger partial charge in [0, 0.05) is 18.3 Å². The van der Waals surface area contributed by atoms with Crippen molar-refractivity contribution in [1.82, 2.24) is 20.4 Å². The Kier molecular flexibility index (Phi) is 4.47. The van der Waals surface area contributed by atoms with Gasteiger partial charge in [-0.05, 0) is 56.1 Å². The topological polar surface area (TPSA) is 61.0 Å². The van der Waals surface area contributed by atoms with Crippen LogP contribution in [0.2, 0.25) is 0 Å². The van der Waals surface area contributed by atoms with Crippen molar-refractivity contribution in [3.8, 4) is 0 Å². The number of urea groups is 1. The van der Waals surface area contributed by atoms with Crippen molar-refractivity contribution >= 4 is 6.03 Å². The van der Waals surface area contributed by atoms with Gasteiger partial charge in [0.05, 0.1) is 12.2 Å². The number of hydrogen-bond donors (Lipinski definition) is 2. The second-order valence-corrected chi connectivity index (χ2v) is 7.45. The standard InChI is InChI=1S/C20H26N4O/c1-14(16-5-3-2-4-6-16)24(13-15-7-8-15)20(25)22-18-9-10-19-17(11-18)12-21-23-19/h2-6,12,14-15,18H,7-11,13H2,1H3,(H,21,23)(H,22,25). The van der Waals surface area contributed by atoms with Crippen LogP contribution in [0, 0.1) is 5.92 Å². The number of hydrogen-bond acceptors (Lipinski definition) is 2. The molecule has 0 radical (unpaired) electrons. The first-order valence-electron chi connectivity index (χ1n) is 9.34. The minimum atomic E-state index is 0.0696. The number of H-pyrrole nitrogens is 1. The zero-order valence-corrected chi connectivity index (χ0v) is 14.7. The van der Waals surface area contributed by atoms with Crippen LogP contribution in [0.15, 0.2) is 36.5 Å². The monoisotopic (exact) mass is 338 g/mol. The minimum Gasteiger partial charge on any atom is -0.335 e. The van der Waals surface area contributed by atoms with Gasteiger partial charge in [-0.3, -0.25) is 5.10 Å². The third kappa shape index (κ3) is 3.70. The van der Waals surface area contributed by atoms with Gasteiger partial charge in [-0.1, -0.05) is 30.3 Å². The minimum absolute atomic E-state index is 0.0696. The summed E-state index contributed by atoms with van der Waals surface area (Å²) < 4.78 is 0. The highest BCUT2D eigenvalue weighted by Crippen LogP contribution is 2.33. The zero-order chi connectivity index (χ0) is 17.2. The smallest absolute Gasteiger partial charge is 0.318 e. The molecule has 5 nitrogen and oxygen atoms in total. The molecule has 2 atom stereocenters. The molecule has 1 saturated carbocycles. The second-order valence-electron chi connectivity index (χ2n) is 7.45. The fourth-order valence-electron chi connectivity index (χ4n) is 3.70. The molecule has 0 saturated heterocycles. The van der Waals surface area contributed by atoms with Crippen molar-refractivity contribution in [2.75, 3.05) is 6.54 Å². The van der Waals surface area contributed by atoms with Crippen molar-refractivity contribution < 1.29 is 4.79 Å². The molecule has 2 aliphatic carbocycles. The van der Waals surface area contributed by atoms with E-state index in [2.05, 4.69) is 34.6 Å². The molecule has 132 valence electrons. The van der Waals surface area contributed by atoms with Crippen LogP contribution in [0.4, 0.5) is 4.79 Å². The molecule has 2 amide bonds. The van der Waals surface area contributed by atoms with E-state index in [9.17, 15) is 4.79 Å². The van der Waals surface area contributed by atoms with Gasteiger partial charge in [0.2, 0.25) is 0 Å². The summed E-state index contributed by atoms with van der Waals surface area (Å²) in [6, 6.07) is 10.7. The van der Waals surface area contributed by atoms with Gasteiger partial charge in [-0.15, -0.1) is 0 Å². The number of aromatic amines is 1. The summed E-state index contributed by atoms with van der Waals surface area (Å²) >= 11 is 0. The molecule has 0 spiro atoms. The van der Waals surface area contributed by atoms with E-state index in [1.54, 1.807) is 0 Å². The number of rotatable bonds is 5. The molecule has 2 unspecified atom stereocenters. The number of benzene rings is 1. The van der Waals surface area contributed by atoms with Crippen molar-refractivity contribution in [1.29, 1.82) is 0 Å². The molecular formula is C20H26N4O. The normalized spacial score (nSPS) is 20.6. The Morgan fingerprint density at radius 3 is 2.88 bits per heavy atom. The van der Waals surface area contributed by atoms with Crippen molar-refractivity contribution in [3.05, 3.63) is 53.3 Å². The van der Waals surface area contributed by atoms with Gasteiger partial charge < -0.3 is 10.2 Å². The first kappa shape index (κ1) is 16.2. The van der Waals surface area contributed by atoms with E-state index >= 15 is 0 Å². The Morgan fingerprint density at radius 2 is 2.12 bits per heavy atom. The van der Waals surface area contributed by atoms with Crippen LogP contribution >= 0.6 is 0 Å². The molecule has 2 aromatic rings. The first-order chi connectivity index (χ1) is 12.2. The van der Waals surface area contributed by atoms with Crippen molar-refractivity contribution in [2.45, 2.75) is 51.1 Å². The van der Waals surface area contributed by atoms with E-state index in [0.29, 0.717) is 5.92 Å². The van der Waals surface area contributed by atoms with Gasteiger partial charge in [0.25, 0.3) is 0 Å². The molecule has 1 aromatic heterocycles. The fraction of sp³-hybridized carbons (Fsp3) is 0.500. The van der Waals surface area contributed by atoms with Crippen LogP contribution < -0.4 is 5.32 Å². The lowest BCUT2D eigenvalue weighted by Gasteiger charge is -2.32. The van der Waals surface area contributed by atoms with Crippen LogP contribution in [0.25, 0.3) is 0 Å². The van der Waals surface area contributed by atoms with Crippen molar-refractivity contribution in [3.63, 3.8) is 0 Å². The molecule has 1 heterocycles. The Hall–Kier alpha value is -2.30. The summed E-state index contributed by atoms with van der Waals surface area (Å²) in [5.74, 6) is 0.670. The number of carbonyl (C=O) groups is 1. The fourth-order valence-corrected chi connectivity index (χ4v) is 3.70. The van der Waals surface area contributed by atoms with E-state index in [1.807, 2.05) is 29.3 Å². The molecular weight excluding hydrogens is 312 g/mol. The number of aryl methyl sites for hydroxylation is 1. The lowest BCUT2D eigenvalue weighted by Crippen LogP contribution is -2.48. The molecule has 0 bridgehead atoms. The Morgan fingerprint density at radius 1 is 1.32 bits per heavy atom. The highest BCUT2D eigenvalue weighted by atomic mass is 16.2. The van der Waals surface area contributed by atoms with Gasteiger partial charge in [0.1, 0.15) is 0 Å². The van der Waals surface area contributed by atoms with Gasteiger partial charge in [0.15, 0.2) is 0 Å². The Labute approximate surface area is 148 Å². The van der Waals surface area contributed by atoms with Crippen LogP contribution in [-0.4, -0.2) is 33.7 Å². The number of nitrogens with one attached hydrogen (secondary N) is 2. The third-order valence-corrected chi connectivity index (χ3v) is 5.51. The summed E-state index contributed by atoms with van der Waals surface area (Å²) in [7, 11) is 0. The summed E-state index contributed by atoms with van der Waals surface area (Å²) in [5, 5.41) is 10.5. The largest absolute Gasteiger partial charge is 0.335 e. The third-order valence-electron chi connectivity index (χ3n) is 5.51. The van der Waals surface area contributed by atoms with Crippen LogP contribution in [0.3, 0.4) is 0 Å². The van der Waals surface area contributed by atoms with Crippen LogP contribution in [0.1, 0.15) is 49.0 Å². The lowest BCUT2D eigenvalue weighted by atomic mass is 9.94. The molecule has 2 aliphatic rings. The average Bonchev–Trinajstić information content (AvgIpc) is 3.34. The average molecular weight is 338 g/mol. The molecule has 1 aromatic carbocycles. The number of nitrogens with zero attached hydrogens (tertiary/aromatic N) is 2. The zero-order valence-electron chi connectivity index (χ0n) is 14.7. The summed E-state index contributed by atoms with van der Waals surface area (Å²) in [6.45, 7) is 2.98. The van der Waals surface area contributed by atoms with Gasteiger partial charge in [-0.2, -0.15) is 5.10 Å². The van der Waals surface area contributed by atoms with E-state index in [1.165, 1.54) is 29.7 Å². The quantitative estimate of drug-likeness (QED) is 0.877. The Balaban J connectivity index is 1.44. The maximum atomic E-state index is 13.0. The molecule has 5 heteroatoms. The molecule has 0 aliphatic heterocycles. The highest BCUT2D eigenvalue weighted by Gasteiger charge is 2.31. The SMILES string of the molecule is CC(c1ccccc1)N(CC1CC1)C(=O)NC1CCc2[nH]ncc2C1. The van der Waals surface area contributed by atoms with Crippen molar-refractivity contribution in [2.24, 2.45) is 5.92 Å². The van der Waals surface area contributed by atoms with Crippen LogP contribution in [0.5, 0.6) is 0 Å². The molecule has 25 heavy (non-hydrogen) atoms. The van der Waals surface area contributed by atoms with Gasteiger partial charge >= 0.3 is 6.03 Å². The molecule has 4 rings (SSSR count). The first-order valence-corrected chi connectivity index (χ1v) is 9.34. The predicted octanol–water partition coefficient (Wildman–Crippen LogP) is 3.45.